The second-order valence-electron chi connectivity index (χ2n) is 11.0. The molecule has 0 radical (unpaired) electrons. The summed E-state index contributed by atoms with van der Waals surface area (Å²) in [6, 6.07) is 50.9. The lowest BCUT2D eigenvalue weighted by atomic mass is 9.90. The lowest BCUT2D eigenvalue weighted by molar-refractivity contribution is 0.596. The van der Waals surface area contributed by atoms with Crippen LogP contribution in [0.2, 0.25) is 0 Å². The third-order valence-corrected chi connectivity index (χ3v) is 10.2. The van der Waals surface area contributed by atoms with E-state index in [1.165, 1.54) is 37.0 Å². The van der Waals surface area contributed by atoms with Gasteiger partial charge in [-0.15, -0.1) is 0 Å². The summed E-state index contributed by atoms with van der Waals surface area (Å²) >= 11 is 0. The fourth-order valence-corrected chi connectivity index (χ4v) is 8.13. The van der Waals surface area contributed by atoms with Crippen LogP contribution in [0, 0.1) is 0 Å². The predicted octanol–water partition coefficient (Wildman–Crippen LogP) is 9.76. The van der Waals surface area contributed by atoms with E-state index < -0.39 is 10.0 Å². The van der Waals surface area contributed by atoms with Crippen LogP contribution in [-0.2, 0) is 16.4 Å². The average Bonchev–Trinajstić information content (AvgIpc) is 3.05. The molecule has 0 aromatic heterocycles. The summed E-state index contributed by atoms with van der Waals surface area (Å²) in [6.07, 6.45) is 0.862. The third-order valence-electron chi connectivity index (χ3n) is 8.42. The largest absolute Gasteiger partial charge is 0.269 e. The van der Waals surface area contributed by atoms with Crippen molar-refractivity contribution in [2.75, 3.05) is 4.31 Å². The molecule has 0 atom stereocenters. The Labute approximate surface area is 251 Å². The Kier molecular flexibility index (Phi) is 5.92. The molecule has 1 aliphatic heterocycles. The van der Waals surface area contributed by atoms with Crippen molar-refractivity contribution >= 4 is 42.9 Å². The number of anilines is 2. The molecule has 0 bridgehead atoms. The molecule has 4 heteroatoms. The molecule has 206 valence electrons. The van der Waals surface area contributed by atoms with Crippen molar-refractivity contribution in [1.82, 2.24) is 0 Å². The highest BCUT2D eigenvalue weighted by atomic mass is 32.2. The van der Waals surface area contributed by atoms with E-state index in [0.717, 1.165) is 28.7 Å². The van der Waals surface area contributed by atoms with Gasteiger partial charge in [-0.2, -0.15) is 0 Å². The van der Waals surface area contributed by atoms with Gasteiger partial charge in [0.25, 0.3) is 10.0 Å². The van der Waals surface area contributed by atoms with Crippen molar-refractivity contribution in [2.24, 2.45) is 0 Å². The summed E-state index contributed by atoms with van der Waals surface area (Å²) < 4.78 is 29.2. The lowest BCUT2D eigenvalue weighted by Crippen LogP contribution is -2.30. The van der Waals surface area contributed by atoms with Gasteiger partial charge in [0.1, 0.15) is 0 Å². The molecule has 7 aromatic rings. The number of hydrogen-bond acceptors (Lipinski definition) is 2. The zero-order chi connectivity index (χ0) is 29.0. The van der Waals surface area contributed by atoms with E-state index in [-0.39, 0.29) is 0 Å². The van der Waals surface area contributed by atoms with E-state index >= 15 is 0 Å². The van der Waals surface area contributed by atoms with Crippen LogP contribution in [0.3, 0.4) is 0 Å². The first-order valence-corrected chi connectivity index (χ1v) is 15.8. The third kappa shape index (κ3) is 4.22. The molecule has 1 heterocycles. The quantitative estimate of drug-likeness (QED) is 0.197. The van der Waals surface area contributed by atoms with Gasteiger partial charge in [0.15, 0.2) is 0 Å². The van der Waals surface area contributed by atoms with E-state index in [9.17, 15) is 8.42 Å². The van der Waals surface area contributed by atoms with Crippen LogP contribution in [0.4, 0.5) is 11.4 Å². The number of benzene rings is 7. The molecule has 0 N–H and O–H groups in total. The molecule has 3 nitrogen and oxygen atoms in total. The minimum absolute atomic E-state index is 0.318. The minimum Gasteiger partial charge on any atom is -0.234 e. The summed E-state index contributed by atoms with van der Waals surface area (Å²) in [5.74, 6) is 0. The van der Waals surface area contributed by atoms with Crippen molar-refractivity contribution in [3.63, 3.8) is 0 Å². The molecule has 0 fully saturated rings. The summed E-state index contributed by atoms with van der Waals surface area (Å²) in [4.78, 5) is 0.318. The van der Waals surface area contributed by atoms with Crippen LogP contribution in [0.15, 0.2) is 157 Å². The van der Waals surface area contributed by atoms with Crippen LogP contribution in [0.25, 0.3) is 43.8 Å². The first-order valence-electron chi connectivity index (χ1n) is 14.4. The Hall–Kier alpha value is -5.19. The van der Waals surface area contributed by atoms with E-state index in [2.05, 4.69) is 84.9 Å². The monoisotopic (exact) mass is 573 g/mol. The molecule has 0 saturated carbocycles. The first kappa shape index (κ1) is 25.5. The molecule has 7 aromatic carbocycles. The maximum absolute atomic E-state index is 13.9. The van der Waals surface area contributed by atoms with Crippen molar-refractivity contribution in [3.8, 4) is 22.3 Å². The number of hydrogen-bond donors (Lipinski definition) is 0. The summed E-state index contributed by atoms with van der Waals surface area (Å²) in [5.41, 5.74) is 7.62. The Balaban J connectivity index is 1.32. The maximum Gasteiger partial charge on any atom is 0.269 e. The highest BCUT2D eigenvalue weighted by Gasteiger charge is 2.36. The van der Waals surface area contributed by atoms with Crippen LogP contribution in [0.1, 0.15) is 11.1 Å². The van der Waals surface area contributed by atoms with Crippen molar-refractivity contribution in [2.45, 2.75) is 11.3 Å². The van der Waals surface area contributed by atoms with Gasteiger partial charge in [-0.05, 0) is 86.6 Å². The molecule has 8 rings (SSSR count). The molecular formula is C39H27NO2S. The van der Waals surface area contributed by atoms with Gasteiger partial charge in [-0.25, -0.2) is 12.7 Å². The SMILES string of the molecule is O=S1(=O)c2ccccc2-c2cc(-c3ccc4c(Cc5ccccc5)cc5ccccc5c4c3)ccc2N1c1ccccc1. The van der Waals surface area contributed by atoms with Crippen molar-refractivity contribution < 1.29 is 8.42 Å². The smallest absolute Gasteiger partial charge is 0.234 e. The normalized spacial score (nSPS) is 13.5. The van der Waals surface area contributed by atoms with Crippen molar-refractivity contribution in [3.05, 3.63) is 163 Å². The van der Waals surface area contributed by atoms with Gasteiger partial charge >= 0.3 is 0 Å². The number of para-hydroxylation sites is 1. The Morgan fingerprint density at radius 2 is 1.19 bits per heavy atom. The molecule has 43 heavy (non-hydrogen) atoms. The Bertz CT molecular complexity index is 2280. The Morgan fingerprint density at radius 3 is 2.02 bits per heavy atom. The van der Waals surface area contributed by atoms with Gasteiger partial charge in [-0.3, -0.25) is 0 Å². The topological polar surface area (TPSA) is 37.4 Å². The van der Waals surface area contributed by atoms with E-state index in [1.807, 2.05) is 54.6 Å². The molecule has 0 spiro atoms. The summed E-state index contributed by atoms with van der Waals surface area (Å²) in [5, 5.41) is 4.91. The molecular weight excluding hydrogens is 547 g/mol. The Morgan fingerprint density at radius 1 is 0.512 bits per heavy atom. The van der Waals surface area contributed by atoms with E-state index in [0.29, 0.717) is 16.3 Å². The maximum atomic E-state index is 13.9. The lowest BCUT2D eigenvalue weighted by Gasteiger charge is -2.32. The van der Waals surface area contributed by atoms with E-state index in [4.69, 9.17) is 0 Å². The number of sulfonamides is 1. The predicted molar refractivity (Wildman–Crippen MR) is 177 cm³/mol. The number of nitrogens with zero attached hydrogens (tertiary/aromatic N) is 1. The molecule has 0 amide bonds. The highest BCUT2D eigenvalue weighted by molar-refractivity contribution is 7.93. The molecule has 0 saturated heterocycles. The molecule has 0 aliphatic carbocycles. The van der Waals surface area contributed by atoms with Gasteiger partial charge in [-0.1, -0.05) is 115 Å². The van der Waals surface area contributed by atoms with Gasteiger partial charge in [0, 0.05) is 11.1 Å². The van der Waals surface area contributed by atoms with E-state index in [1.54, 1.807) is 12.1 Å². The average molecular weight is 574 g/mol. The second-order valence-corrected chi connectivity index (χ2v) is 12.8. The standard InChI is InChI=1S/C39H27NO2S/c41-43(42)39-18-10-9-17-35(39)37-26-29(20-22-38(37)40(43)32-14-5-2-6-15-32)28-19-21-34-31(23-27-11-3-1-4-12-27)24-30-13-7-8-16-33(30)36(34)25-28/h1-22,24-26H,23H2. The number of fused-ring (bicyclic) bond motifs is 6. The van der Waals surface area contributed by atoms with Crippen LogP contribution >= 0.6 is 0 Å². The molecule has 1 aliphatic rings. The zero-order valence-electron chi connectivity index (χ0n) is 23.3. The minimum atomic E-state index is -3.78. The summed E-state index contributed by atoms with van der Waals surface area (Å²) in [6.45, 7) is 0. The van der Waals surface area contributed by atoms with Gasteiger partial charge < -0.3 is 0 Å². The van der Waals surface area contributed by atoms with Crippen LogP contribution in [-0.4, -0.2) is 8.42 Å². The second kappa shape index (κ2) is 9.97. The number of rotatable bonds is 4. The highest BCUT2D eigenvalue weighted by Crippen LogP contribution is 2.48. The van der Waals surface area contributed by atoms with Crippen LogP contribution < -0.4 is 4.31 Å². The van der Waals surface area contributed by atoms with Gasteiger partial charge in [0.2, 0.25) is 0 Å². The first-order chi connectivity index (χ1) is 21.1. The van der Waals surface area contributed by atoms with Crippen LogP contribution in [0.5, 0.6) is 0 Å². The van der Waals surface area contributed by atoms with Gasteiger partial charge in [0.05, 0.1) is 16.3 Å². The summed E-state index contributed by atoms with van der Waals surface area (Å²) in [7, 11) is -3.78. The zero-order valence-corrected chi connectivity index (χ0v) is 24.1. The molecule has 0 unspecified atom stereocenters. The fraction of sp³-hybridized carbons (Fsp3) is 0.0256. The fourth-order valence-electron chi connectivity index (χ4n) is 6.41. The van der Waals surface area contributed by atoms with Crippen molar-refractivity contribution in [1.29, 1.82) is 0 Å².